The molecule has 1 aliphatic rings. The third-order valence-electron chi connectivity index (χ3n) is 18.5. The average Bonchev–Trinajstić information content (AvgIpc) is 0.753. The molecule has 24 nitrogen and oxygen atoms in total. The second-order valence-electron chi connectivity index (χ2n) is 26.4. The van der Waals surface area contributed by atoms with Gasteiger partial charge in [0, 0.05) is 149 Å². The minimum absolute atomic E-state index is 0.250. The number of nitrogen functional groups attached to an aromatic ring is 5. The maximum atomic E-state index is 12.9. The van der Waals surface area contributed by atoms with Gasteiger partial charge < -0.3 is 33.4 Å². The lowest BCUT2D eigenvalue weighted by Gasteiger charge is -2.26. The van der Waals surface area contributed by atoms with Gasteiger partial charge in [-0.25, -0.2) is 68.6 Å². The molecule has 0 radical (unpaired) electrons. The number of morpholine rings is 1. The maximum absolute atomic E-state index is 12.9. The molecule has 0 atom stereocenters. The zero-order chi connectivity index (χ0) is 81.9. The van der Waals surface area contributed by atoms with Gasteiger partial charge in [-0.2, -0.15) is 8.61 Å². The van der Waals surface area contributed by atoms with Crippen molar-refractivity contribution in [3.05, 3.63) is 224 Å². The summed E-state index contributed by atoms with van der Waals surface area (Å²) in [5, 5.41) is 8.95. The summed E-state index contributed by atoms with van der Waals surface area (Å²) in [6, 6.07) is 63.6. The van der Waals surface area contributed by atoms with Crippen LogP contribution in [-0.4, -0.2) is 149 Å². The largest absolute Gasteiger partial charge is 0.398 e. The number of sulfonamides is 6. The molecule has 12 N–H and O–H groups in total. The quantitative estimate of drug-likeness (QED) is 0.0259. The van der Waals surface area contributed by atoms with Gasteiger partial charge in [-0.15, -0.1) is 0 Å². The lowest BCUT2D eigenvalue weighted by molar-refractivity contribution is 0.0730. The molecule has 0 saturated carbocycles. The SMILES string of the molecule is CCCCCNS(=O)(=O)c1cccc2c(N)cccc12.CCCN(CCC)S(=O)(=O)c1cccc2c(N)cccc12.CCc1cccc2c(S(=O)(=O)N(C)C)cccc12.CN(C)S(=O)(=O)c1cccc2c(N)cccc12.CNS(=O)(=O)c1cccc2c(N)cccc12.Nc1cccc2c(S(=O)(=O)N3CCOCC3)cccc12. The van der Waals surface area contributed by atoms with Crippen molar-refractivity contribution in [3.63, 3.8) is 0 Å². The van der Waals surface area contributed by atoms with E-state index in [1.807, 2.05) is 68.4 Å². The molecule has 30 heteroatoms. The maximum Gasteiger partial charge on any atom is 0.243 e. The summed E-state index contributed by atoms with van der Waals surface area (Å²) in [7, 11) is -13.2. The van der Waals surface area contributed by atoms with Crippen LogP contribution in [0.2, 0.25) is 0 Å². The highest BCUT2D eigenvalue weighted by Crippen LogP contribution is 2.35. The van der Waals surface area contributed by atoms with Crippen molar-refractivity contribution in [1.29, 1.82) is 0 Å². The molecule has 12 aromatic carbocycles. The molecule has 0 bridgehead atoms. The molecular formula is C82H101N11O13S6. The first-order valence-corrected chi connectivity index (χ1v) is 45.1. The van der Waals surface area contributed by atoms with E-state index in [0.29, 0.717) is 121 Å². The lowest BCUT2D eigenvalue weighted by Crippen LogP contribution is -2.40. The topological polar surface area (TPSA) is 381 Å². The number of hydrogen-bond acceptors (Lipinski definition) is 18. The van der Waals surface area contributed by atoms with E-state index in [9.17, 15) is 50.5 Å². The van der Waals surface area contributed by atoms with Crippen LogP contribution in [0.3, 0.4) is 0 Å². The highest BCUT2D eigenvalue weighted by atomic mass is 32.2. The predicted octanol–water partition coefficient (Wildman–Crippen LogP) is 13.2. The van der Waals surface area contributed by atoms with Gasteiger partial charge in [0.15, 0.2) is 0 Å². The van der Waals surface area contributed by atoms with Crippen molar-refractivity contribution in [2.45, 2.75) is 95.6 Å². The summed E-state index contributed by atoms with van der Waals surface area (Å²) in [6.07, 6.45) is 5.42. The van der Waals surface area contributed by atoms with Gasteiger partial charge in [-0.05, 0) is 110 Å². The number of ether oxygens (including phenoxy) is 1. The normalized spacial score (nSPS) is 13.0. The fourth-order valence-corrected chi connectivity index (χ4v) is 20.5. The van der Waals surface area contributed by atoms with E-state index in [1.165, 1.54) is 39.6 Å². The Balaban J connectivity index is 0.000000169. The number of rotatable bonds is 21. The molecule has 0 aromatic heterocycles. The van der Waals surface area contributed by atoms with Crippen LogP contribution in [0.15, 0.2) is 248 Å². The van der Waals surface area contributed by atoms with E-state index >= 15 is 0 Å². The van der Waals surface area contributed by atoms with Gasteiger partial charge in [0.2, 0.25) is 60.1 Å². The number of fused-ring (bicyclic) bond motifs is 6. The van der Waals surface area contributed by atoms with Crippen molar-refractivity contribution in [1.82, 2.24) is 26.7 Å². The monoisotopic (exact) mass is 1640 g/mol. The molecule has 13 rings (SSSR count). The van der Waals surface area contributed by atoms with Crippen molar-refractivity contribution in [2.24, 2.45) is 0 Å². The van der Waals surface area contributed by atoms with Gasteiger partial charge in [-0.3, -0.25) is 0 Å². The van der Waals surface area contributed by atoms with Crippen LogP contribution in [0, 0.1) is 0 Å². The molecule has 1 fully saturated rings. The van der Waals surface area contributed by atoms with Crippen LogP contribution in [0.4, 0.5) is 28.4 Å². The number of benzene rings is 12. The smallest absolute Gasteiger partial charge is 0.243 e. The zero-order valence-corrected chi connectivity index (χ0v) is 69.3. The van der Waals surface area contributed by atoms with E-state index in [0.717, 1.165) is 76.2 Å². The fourth-order valence-electron chi connectivity index (χ4n) is 12.6. The Morgan fingerprint density at radius 3 is 0.991 bits per heavy atom. The summed E-state index contributed by atoms with van der Waals surface area (Å²) in [5.74, 6) is 0. The van der Waals surface area contributed by atoms with Crippen LogP contribution in [0.1, 0.15) is 65.4 Å². The summed E-state index contributed by atoms with van der Waals surface area (Å²) >= 11 is 0. The number of hydrogen-bond donors (Lipinski definition) is 7. The van der Waals surface area contributed by atoms with E-state index in [1.54, 1.807) is 182 Å². The predicted molar refractivity (Wildman–Crippen MR) is 457 cm³/mol. The Morgan fingerprint density at radius 2 is 0.643 bits per heavy atom. The third-order valence-corrected chi connectivity index (χ3v) is 29.2. The molecular weight excluding hydrogens is 1540 g/mol. The number of anilines is 5. The summed E-state index contributed by atoms with van der Waals surface area (Å²) in [5.41, 5.74) is 33.5. The molecule has 598 valence electrons. The number of nitrogens with zero attached hydrogens (tertiary/aromatic N) is 4. The van der Waals surface area contributed by atoms with Gasteiger partial charge >= 0.3 is 0 Å². The Labute approximate surface area is 659 Å². The molecule has 1 aliphatic heterocycles. The van der Waals surface area contributed by atoms with E-state index in [4.69, 9.17) is 33.4 Å². The molecule has 0 aliphatic carbocycles. The van der Waals surface area contributed by atoms with Crippen LogP contribution in [0.5, 0.6) is 0 Å². The fraction of sp³-hybridized carbons (Fsp3) is 0.268. The Hall–Kier alpha value is -9.38. The molecule has 112 heavy (non-hydrogen) atoms. The second-order valence-corrected chi connectivity index (χ2v) is 38.1. The van der Waals surface area contributed by atoms with Crippen molar-refractivity contribution < 1.29 is 55.2 Å². The first-order chi connectivity index (χ1) is 53.2. The average molecular weight is 1640 g/mol. The zero-order valence-electron chi connectivity index (χ0n) is 64.4. The minimum atomic E-state index is -3.51. The number of aryl methyl sites for hydroxylation is 1. The van der Waals surface area contributed by atoms with Gasteiger partial charge in [0.1, 0.15) is 0 Å². The van der Waals surface area contributed by atoms with Gasteiger partial charge in [-0.1, -0.05) is 192 Å². The van der Waals surface area contributed by atoms with Crippen LogP contribution in [-0.2, 0) is 71.3 Å². The first kappa shape index (κ1) is 88.2. The van der Waals surface area contributed by atoms with Crippen molar-refractivity contribution in [3.8, 4) is 0 Å². The Kier molecular flexibility index (Phi) is 30.6. The summed E-state index contributed by atoms with van der Waals surface area (Å²) in [4.78, 5) is 1.85. The highest BCUT2D eigenvalue weighted by Gasteiger charge is 2.30. The van der Waals surface area contributed by atoms with Gasteiger partial charge in [0.05, 0.1) is 42.6 Å². The highest BCUT2D eigenvalue weighted by molar-refractivity contribution is 7.91. The molecule has 0 spiro atoms. The third kappa shape index (κ3) is 20.5. The molecule has 12 aromatic rings. The first-order valence-electron chi connectivity index (χ1n) is 36.4. The van der Waals surface area contributed by atoms with Crippen molar-refractivity contribution >= 4 is 153 Å². The van der Waals surface area contributed by atoms with E-state index < -0.39 is 60.1 Å². The number of nitrogens with two attached hydrogens (primary N) is 5. The van der Waals surface area contributed by atoms with Crippen LogP contribution in [0.25, 0.3) is 64.6 Å². The summed E-state index contributed by atoms with van der Waals surface area (Å²) < 4.78 is 164. The molecule has 0 unspecified atom stereocenters. The molecule has 0 amide bonds. The van der Waals surface area contributed by atoms with Crippen molar-refractivity contribution in [2.75, 3.05) is 110 Å². The molecule has 1 saturated heterocycles. The van der Waals surface area contributed by atoms with Gasteiger partial charge in [0.25, 0.3) is 0 Å². The Bertz CT molecular complexity index is 6030. The number of nitrogens with one attached hydrogen (secondary N) is 2. The van der Waals surface area contributed by atoms with Crippen LogP contribution >= 0.6 is 0 Å². The lowest BCUT2D eigenvalue weighted by atomic mass is 10.0. The van der Waals surface area contributed by atoms with E-state index in [-0.39, 0.29) is 9.79 Å². The van der Waals surface area contributed by atoms with E-state index in [2.05, 4.69) is 23.3 Å². The standard InChI is InChI=1S/C16H22N2O2S.C15H20N2O2S.C14H16N2O3S.C14H17NO2S.C12H14N2O2S.C11H12N2O2S/c1-3-11-18(12-4-2)21(19,20)16-10-6-7-13-14(16)8-5-9-15(13)17;1-2-3-4-11-17-20(18,19)15-10-6-7-12-13(15)8-5-9-14(12)16;15-13-5-1-4-12-11(13)3-2-6-14(12)20(17,18)16-7-9-19-10-8-16;1-4-11-7-5-9-13-12(11)8-6-10-14(13)18(16,17)15(2)3;1-14(2)17(15,16)12-8-4-5-9-10(12)6-3-7-11(9)13;1-13-16(14,15)11-7-3-4-8-9(11)5-2-6-10(8)12/h5-10H,3-4,11-12,17H2,1-2H3;5-10,17H,2-4,11,16H2,1H3;1-6H,7-10,15H2;5-10H,4H2,1-3H3;3-8H,13H2,1-2H3;2-7,13H,12H2,1H3. The number of unbranched alkanes of at least 4 members (excludes halogenated alkanes) is 2. The second kappa shape index (κ2) is 38.9. The Morgan fingerprint density at radius 1 is 0.348 bits per heavy atom. The molecule has 1 heterocycles. The summed E-state index contributed by atoms with van der Waals surface area (Å²) in [6.45, 7) is 11.3. The minimum Gasteiger partial charge on any atom is -0.398 e. The van der Waals surface area contributed by atoms with Crippen LogP contribution < -0.4 is 38.1 Å².